The minimum absolute atomic E-state index is 0.101. The van der Waals surface area contributed by atoms with E-state index in [2.05, 4.69) is 47.5 Å². The lowest BCUT2D eigenvalue weighted by Crippen LogP contribution is -2.33. The Morgan fingerprint density at radius 1 is 1.24 bits per heavy atom. The number of halogens is 1. The first kappa shape index (κ1) is 22.2. The summed E-state index contributed by atoms with van der Waals surface area (Å²) in [7, 11) is 0. The monoisotopic (exact) mass is 393 g/mol. The van der Waals surface area contributed by atoms with Crippen LogP contribution in [0.1, 0.15) is 36.1 Å². The summed E-state index contributed by atoms with van der Waals surface area (Å²) in [6.45, 7) is 7.10. The van der Waals surface area contributed by atoms with Crippen molar-refractivity contribution in [2.75, 3.05) is 13.1 Å². The molecule has 152 valence electrons. The summed E-state index contributed by atoms with van der Waals surface area (Å²) in [6, 6.07) is 14.6. The van der Waals surface area contributed by atoms with Crippen LogP contribution in [0.15, 0.2) is 60.8 Å². The van der Waals surface area contributed by atoms with Gasteiger partial charge in [0.1, 0.15) is 5.82 Å². The van der Waals surface area contributed by atoms with Crippen LogP contribution in [-0.4, -0.2) is 25.5 Å². The van der Waals surface area contributed by atoms with Gasteiger partial charge < -0.3 is 16.0 Å². The molecule has 2 aromatic carbocycles. The molecule has 3 N–H and O–H groups in total. The van der Waals surface area contributed by atoms with Gasteiger partial charge in [-0.3, -0.25) is 4.79 Å². The second kappa shape index (κ2) is 11.7. The largest absolute Gasteiger partial charge is 0.378 e. The second-order valence-corrected chi connectivity index (χ2v) is 6.94. The van der Waals surface area contributed by atoms with Crippen molar-refractivity contribution in [1.82, 2.24) is 16.0 Å². The molecule has 2 aromatic rings. The van der Waals surface area contributed by atoms with E-state index in [1.165, 1.54) is 12.1 Å². The van der Waals surface area contributed by atoms with Crippen LogP contribution in [-0.2, 0) is 11.2 Å². The standard InChI is InChI=1S/C24H28FN3O/c1-4-14-27-18(2)16-19(3)28-24(21-9-11-22(25)12-10-21)23-8-6-5-7-20(23)13-15-26-17-29/h1,5-12,17,19,24,27-28H,2,13-16H2,3H3,(H,26,29)/t19?,24-/m0/s1. The fraction of sp³-hybridized carbons (Fsp3) is 0.292. The molecular formula is C24H28FN3O. The summed E-state index contributed by atoms with van der Waals surface area (Å²) in [5.41, 5.74) is 4.06. The van der Waals surface area contributed by atoms with E-state index in [0.29, 0.717) is 32.3 Å². The van der Waals surface area contributed by atoms with Crippen LogP contribution in [0.25, 0.3) is 0 Å². The van der Waals surface area contributed by atoms with Crippen molar-refractivity contribution in [3.05, 3.63) is 83.3 Å². The molecule has 0 fully saturated rings. The van der Waals surface area contributed by atoms with Crippen molar-refractivity contribution in [2.45, 2.75) is 31.8 Å². The third-order valence-electron chi connectivity index (χ3n) is 4.64. The van der Waals surface area contributed by atoms with Gasteiger partial charge in [0.05, 0.1) is 12.6 Å². The molecule has 0 aromatic heterocycles. The van der Waals surface area contributed by atoms with Gasteiger partial charge in [0.2, 0.25) is 6.41 Å². The predicted molar refractivity (Wildman–Crippen MR) is 116 cm³/mol. The molecule has 29 heavy (non-hydrogen) atoms. The highest BCUT2D eigenvalue weighted by atomic mass is 19.1. The molecule has 0 radical (unpaired) electrons. The zero-order valence-corrected chi connectivity index (χ0v) is 16.7. The van der Waals surface area contributed by atoms with Crippen LogP contribution < -0.4 is 16.0 Å². The fourth-order valence-corrected chi connectivity index (χ4v) is 3.29. The number of hydrogen-bond acceptors (Lipinski definition) is 3. The predicted octanol–water partition coefficient (Wildman–Crippen LogP) is 3.31. The molecule has 0 aliphatic rings. The molecule has 0 heterocycles. The van der Waals surface area contributed by atoms with Crippen LogP contribution >= 0.6 is 0 Å². The number of hydrogen-bond donors (Lipinski definition) is 3. The van der Waals surface area contributed by atoms with Crippen molar-refractivity contribution in [3.8, 4) is 12.3 Å². The van der Waals surface area contributed by atoms with E-state index >= 15 is 0 Å². The third-order valence-corrected chi connectivity index (χ3v) is 4.64. The molecular weight excluding hydrogens is 365 g/mol. The molecule has 0 spiro atoms. The average molecular weight is 394 g/mol. The van der Waals surface area contributed by atoms with Crippen LogP contribution in [0.5, 0.6) is 0 Å². The highest BCUT2D eigenvalue weighted by Crippen LogP contribution is 2.27. The van der Waals surface area contributed by atoms with Crippen LogP contribution in [0.3, 0.4) is 0 Å². The Labute approximate surface area is 172 Å². The molecule has 0 aliphatic carbocycles. The average Bonchev–Trinajstić information content (AvgIpc) is 2.72. The molecule has 5 heteroatoms. The number of terminal acetylenes is 1. The Morgan fingerprint density at radius 2 is 1.97 bits per heavy atom. The maximum Gasteiger partial charge on any atom is 0.207 e. The van der Waals surface area contributed by atoms with Gasteiger partial charge in [-0.1, -0.05) is 48.9 Å². The molecule has 1 amide bonds. The highest BCUT2D eigenvalue weighted by Gasteiger charge is 2.20. The number of benzene rings is 2. The number of amides is 1. The van der Waals surface area contributed by atoms with E-state index in [-0.39, 0.29) is 17.9 Å². The summed E-state index contributed by atoms with van der Waals surface area (Å²) in [4.78, 5) is 10.6. The molecule has 0 saturated carbocycles. The molecule has 0 bridgehead atoms. The SMILES string of the molecule is C#CCNC(=C)CC(C)N[C@@H](c1ccc(F)cc1)c1ccccc1CCNC=O. The van der Waals surface area contributed by atoms with Gasteiger partial charge in [-0.15, -0.1) is 6.42 Å². The van der Waals surface area contributed by atoms with Crippen LogP contribution in [0, 0.1) is 18.2 Å². The number of carbonyl (C=O) groups excluding carboxylic acids is 1. The first-order chi connectivity index (χ1) is 14.0. The molecule has 4 nitrogen and oxygen atoms in total. The van der Waals surface area contributed by atoms with Gasteiger partial charge >= 0.3 is 0 Å². The smallest absolute Gasteiger partial charge is 0.207 e. The molecule has 1 unspecified atom stereocenters. The Hall–Kier alpha value is -3.10. The zero-order valence-electron chi connectivity index (χ0n) is 16.7. The van der Waals surface area contributed by atoms with Crippen LogP contribution in [0.2, 0.25) is 0 Å². The van der Waals surface area contributed by atoms with Crippen molar-refractivity contribution < 1.29 is 9.18 Å². The Bertz CT molecular complexity index is 842. The van der Waals surface area contributed by atoms with Gasteiger partial charge in [0.15, 0.2) is 0 Å². The number of nitrogens with one attached hydrogen (secondary N) is 3. The lowest BCUT2D eigenvalue weighted by Gasteiger charge is -2.27. The van der Waals surface area contributed by atoms with Crippen LogP contribution in [0.4, 0.5) is 4.39 Å². The third kappa shape index (κ3) is 7.10. The fourth-order valence-electron chi connectivity index (χ4n) is 3.29. The van der Waals surface area contributed by atoms with Gasteiger partial charge in [-0.05, 0) is 42.2 Å². The number of carbonyl (C=O) groups is 1. The molecule has 2 atom stereocenters. The van der Waals surface area contributed by atoms with Crippen molar-refractivity contribution >= 4 is 6.41 Å². The zero-order chi connectivity index (χ0) is 21.1. The topological polar surface area (TPSA) is 53.2 Å². The summed E-state index contributed by atoms with van der Waals surface area (Å²) in [5, 5.41) is 9.46. The first-order valence-corrected chi connectivity index (χ1v) is 9.66. The van der Waals surface area contributed by atoms with E-state index in [4.69, 9.17) is 6.42 Å². The highest BCUT2D eigenvalue weighted by molar-refractivity contribution is 5.46. The Balaban J connectivity index is 2.27. The van der Waals surface area contributed by atoms with Crippen molar-refractivity contribution in [1.29, 1.82) is 0 Å². The Morgan fingerprint density at radius 3 is 2.66 bits per heavy atom. The summed E-state index contributed by atoms with van der Waals surface area (Å²) >= 11 is 0. The van der Waals surface area contributed by atoms with Gasteiger partial charge in [0.25, 0.3) is 0 Å². The summed E-state index contributed by atoms with van der Waals surface area (Å²) < 4.78 is 13.5. The van der Waals surface area contributed by atoms with Crippen molar-refractivity contribution in [2.24, 2.45) is 0 Å². The number of rotatable bonds is 12. The summed E-state index contributed by atoms with van der Waals surface area (Å²) in [6.07, 6.45) is 7.41. The van der Waals surface area contributed by atoms with Crippen molar-refractivity contribution in [3.63, 3.8) is 0 Å². The molecule has 2 rings (SSSR count). The van der Waals surface area contributed by atoms with Gasteiger partial charge in [-0.2, -0.15) is 0 Å². The van der Waals surface area contributed by atoms with E-state index < -0.39 is 0 Å². The lowest BCUT2D eigenvalue weighted by atomic mass is 9.92. The van der Waals surface area contributed by atoms with E-state index in [9.17, 15) is 9.18 Å². The maximum atomic E-state index is 13.5. The van der Waals surface area contributed by atoms with E-state index in [1.54, 1.807) is 12.1 Å². The first-order valence-electron chi connectivity index (χ1n) is 9.66. The summed E-state index contributed by atoms with van der Waals surface area (Å²) in [5.74, 6) is 2.28. The lowest BCUT2D eigenvalue weighted by molar-refractivity contribution is -0.109. The van der Waals surface area contributed by atoms with Gasteiger partial charge in [0, 0.05) is 24.7 Å². The molecule has 0 aliphatic heterocycles. The van der Waals surface area contributed by atoms with E-state index in [0.717, 1.165) is 22.4 Å². The second-order valence-electron chi connectivity index (χ2n) is 6.94. The maximum absolute atomic E-state index is 13.5. The van der Waals surface area contributed by atoms with Gasteiger partial charge in [-0.25, -0.2) is 4.39 Å². The Kier molecular flexibility index (Phi) is 8.94. The molecule has 0 saturated heterocycles. The minimum atomic E-state index is -0.268. The quantitative estimate of drug-likeness (QED) is 0.295. The minimum Gasteiger partial charge on any atom is -0.378 e. The normalized spacial score (nSPS) is 12.4. The van der Waals surface area contributed by atoms with E-state index in [1.807, 2.05) is 12.1 Å².